The second-order valence-corrected chi connectivity index (χ2v) is 4.18. The SMILES string of the molecule is COCc1cc(C(C)NCC(=O)OC)ccc1OC. The fourth-order valence-electron chi connectivity index (χ4n) is 1.76. The first-order chi connectivity index (χ1) is 9.12. The van der Waals surface area contributed by atoms with Gasteiger partial charge in [-0.25, -0.2) is 0 Å². The summed E-state index contributed by atoms with van der Waals surface area (Å²) in [6, 6.07) is 5.92. The van der Waals surface area contributed by atoms with Crippen LogP contribution in [0.3, 0.4) is 0 Å². The molecule has 106 valence electrons. The number of hydrogen-bond acceptors (Lipinski definition) is 5. The van der Waals surface area contributed by atoms with Crippen LogP contribution in [0, 0.1) is 0 Å². The number of hydrogen-bond donors (Lipinski definition) is 1. The highest BCUT2D eigenvalue weighted by molar-refractivity contribution is 5.71. The fraction of sp³-hybridized carbons (Fsp3) is 0.500. The van der Waals surface area contributed by atoms with Gasteiger partial charge in [-0.1, -0.05) is 6.07 Å². The van der Waals surface area contributed by atoms with Crippen LogP contribution >= 0.6 is 0 Å². The van der Waals surface area contributed by atoms with E-state index < -0.39 is 0 Å². The van der Waals surface area contributed by atoms with Gasteiger partial charge in [-0.05, 0) is 24.6 Å². The average molecular weight is 267 g/mol. The van der Waals surface area contributed by atoms with Crippen molar-refractivity contribution in [3.8, 4) is 5.75 Å². The summed E-state index contributed by atoms with van der Waals surface area (Å²) in [4.78, 5) is 11.1. The minimum Gasteiger partial charge on any atom is -0.496 e. The van der Waals surface area contributed by atoms with E-state index in [1.165, 1.54) is 7.11 Å². The van der Waals surface area contributed by atoms with Crippen LogP contribution < -0.4 is 10.1 Å². The number of carbonyl (C=O) groups excluding carboxylic acids is 1. The lowest BCUT2D eigenvalue weighted by Gasteiger charge is -2.16. The van der Waals surface area contributed by atoms with Crippen LogP contribution in [0.25, 0.3) is 0 Å². The minimum atomic E-state index is -0.280. The van der Waals surface area contributed by atoms with Crippen molar-refractivity contribution in [3.05, 3.63) is 29.3 Å². The van der Waals surface area contributed by atoms with Crippen molar-refractivity contribution in [1.82, 2.24) is 5.32 Å². The summed E-state index contributed by atoms with van der Waals surface area (Å²) in [6.07, 6.45) is 0. The van der Waals surface area contributed by atoms with Crippen LogP contribution in [0.1, 0.15) is 24.1 Å². The lowest BCUT2D eigenvalue weighted by molar-refractivity contribution is -0.139. The van der Waals surface area contributed by atoms with Crippen molar-refractivity contribution in [2.75, 3.05) is 27.9 Å². The van der Waals surface area contributed by atoms with Crippen LogP contribution in [0.4, 0.5) is 0 Å². The van der Waals surface area contributed by atoms with E-state index in [2.05, 4.69) is 10.1 Å². The Hall–Kier alpha value is -1.59. The molecule has 0 fully saturated rings. The summed E-state index contributed by atoms with van der Waals surface area (Å²) in [5, 5.41) is 3.10. The fourth-order valence-corrected chi connectivity index (χ4v) is 1.76. The predicted octanol–water partition coefficient (Wildman–Crippen LogP) is 1.67. The van der Waals surface area contributed by atoms with Crippen molar-refractivity contribution in [3.63, 3.8) is 0 Å². The van der Waals surface area contributed by atoms with Gasteiger partial charge in [0.25, 0.3) is 0 Å². The van der Waals surface area contributed by atoms with E-state index in [1.807, 2.05) is 25.1 Å². The van der Waals surface area contributed by atoms with E-state index in [0.29, 0.717) is 6.61 Å². The van der Waals surface area contributed by atoms with Gasteiger partial charge in [0.1, 0.15) is 5.75 Å². The van der Waals surface area contributed by atoms with Crippen LogP contribution in [0.5, 0.6) is 5.75 Å². The van der Waals surface area contributed by atoms with Gasteiger partial charge < -0.3 is 19.5 Å². The Labute approximate surface area is 113 Å². The quantitative estimate of drug-likeness (QED) is 0.761. The summed E-state index contributed by atoms with van der Waals surface area (Å²) >= 11 is 0. The molecule has 0 aromatic heterocycles. The lowest BCUT2D eigenvalue weighted by Crippen LogP contribution is -2.26. The number of methoxy groups -OCH3 is 3. The molecule has 0 aliphatic rings. The largest absolute Gasteiger partial charge is 0.496 e. The molecular weight excluding hydrogens is 246 g/mol. The predicted molar refractivity (Wildman–Crippen MR) is 72.1 cm³/mol. The molecule has 1 rings (SSSR count). The average Bonchev–Trinajstić information content (AvgIpc) is 2.44. The number of esters is 1. The molecule has 0 aliphatic heterocycles. The second-order valence-electron chi connectivity index (χ2n) is 4.18. The van der Waals surface area contributed by atoms with Crippen LogP contribution in [0.2, 0.25) is 0 Å². The maximum Gasteiger partial charge on any atom is 0.319 e. The maximum atomic E-state index is 11.1. The molecule has 1 N–H and O–H groups in total. The van der Waals surface area contributed by atoms with Crippen molar-refractivity contribution in [2.45, 2.75) is 19.6 Å². The van der Waals surface area contributed by atoms with E-state index in [4.69, 9.17) is 9.47 Å². The first-order valence-corrected chi connectivity index (χ1v) is 6.08. The topological polar surface area (TPSA) is 56.8 Å². The van der Waals surface area contributed by atoms with E-state index >= 15 is 0 Å². The highest BCUT2D eigenvalue weighted by Crippen LogP contribution is 2.23. The van der Waals surface area contributed by atoms with Gasteiger partial charge >= 0.3 is 5.97 Å². The second kappa shape index (κ2) is 7.76. The number of rotatable bonds is 7. The number of nitrogens with one attached hydrogen (secondary N) is 1. The molecular formula is C14H21NO4. The van der Waals surface area contributed by atoms with E-state index in [-0.39, 0.29) is 18.6 Å². The molecule has 0 heterocycles. The Morgan fingerprint density at radius 1 is 1.32 bits per heavy atom. The zero-order valence-electron chi connectivity index (χ0n) is 11.9. The molecule has 0 bridgehead atoms. The Morgan fingerprint density at radius 2 is 2.05 bits per heavy atom. The van der Waals surface area contributed by atoms with E-state index in [9.17, 15) is 4.79 Å². The third-order valence-corrected chi connectivity index (χ3v) is 2.88. The van der Waals surface area contributed by atoms with Gasteiger partial charge in [-0.15, -0.1) is 0 Å². The van der Waals surface area contributed by atoms with E-state index in [1.54, 1.807) is 14.2 Å². The first kappa shape index (κ1) is 15.5. The number of carbonyl (C=O) groups is 1. The van der Waals surface area contributed by atoms with Gasteiger partial charge in [0.2, 0.25) is 0 Å². The molecule has 19 heavy (non-hydrogen) atoms. The summed E-state index contributed by atoms with van der Waals surface area (Å²) in [5.41, 5.74) is 2.05. The zero-order chi connectivity index (χ0) is 14.3. The zero-order valence-corrected chi connectivity index (χ0v) is 11.9. The molecule has 5 heteroatoms. The molecule has 0 aliphatic carbocycles. The molecule has 0 radical (unpaired) electrons. The van der Waals surface area contributed by atoms with Crippen molar-refractivity contribution < 1.29 is 19.0 Å². The lowest BCUT2D eigenvalue weighted by atomic mass is 10.0. The standard InChI is InChI=1S/C14H21NO4/c1-10(15-8-14(16)19-4)11-5-6-13(18-3)12(7-11)9-17-2/h5-7,10,15H,8-9H2,1-4H3. The van der Waals surface area contributed by atoms with Gasteiger partial charge in [0, 0.05) is 18.7 Å². The van der Waals surface area contributed by atoms with Crippen molar-refractivity contribution >= 4 is 5.97 Å². The summed E-state index contributed by atoms with van der Waals surface area (Å²) < 4.78 is 15.0. The Kier molecular flexibility index (Phi) is 6.32. The summed E-state index contributed by atoms with van der Waals surface area (Å²) in [6.45, 7) is 2.66. The summed E-state index contributed by atoms with van der Waals surface area (Å²) in [5.74, 6) is 0.517. The van der Waals surface area contributed by atoms with Crippen molar-refractivity contribution in [1.29, 1.82) is 0 Å². The third-order valence-electron chi connectivity index (χ3n) is 2.88. The number of ether oxygens (including phenoxy) is 3. The maximum absolute atomic E-state index is 11.1. The van der Waals surface area contributed by atoms with Crippen molar-refractivity contribution in [2.24, 2.45) is 0 Å². The molecule has 1 atom stereocenters. The minimum absolute atomic E-state index is 0.0422. The van der Waals surface area contributed by atoms with Gasteiger partial charge in [0.05, 0.1) is 27.4 Å². The van der Waals surface area contributed by atoms with Crippen LogP contribution in [0.15, 0.2) is 18.2 Å². The van der Waals surface area contributed by atoms with Crippen LogP contribution in [-0.4, -0.2) is 33.8 Å². The Bertz CT molecular complexity index is 420. The molecule has 1 aromatic carbocycles. The molecule has 1 aromatic rings. The molecule has 1 unspecified atom stereocenters. The highest BCUT2D eigenvalue weighted by Gasteiger charge is 2.11. The Balaban J connectivity index is 2.76. The molecule has 0 spiro atoms. The van der Waals surface area contributed by atoms with Gasteiger partial charge in [0.15, 0.2) is 0 Å². The smallest absolute Gasteiger partial charge is 0.319 e. The highest BCUT2D eigenvalue weighted by atomic mass is 16.5. The van der Waals surface area contributed by atoms with Gasteiger partial charge in [-0.3, -0.25) is 4.79 Å². The number of benzene rings is 1. The Morgan fingerprint density at radius 3 is 2.63 bits per heavy atom. The molecule has 0 saturated heterocycles. The molecule has 0 amide bonds. The normalized spacial score (nSPS) is 12.0. The first-order valence-electron chi connectivity index (χ1n) is 6.08. The van der Waals surface area contributed by atoms with Crippen LogP contribution in [-0.2, 0) is 20.9 Å². The molecule has 0 saturated carbocycles. The van der Waals surface area contributed by atoms with E-state index in [0.717, 1.165) is 16.9 Å². The summed E-state index contributed by atoms with van der Waals surface area (Å²) in [7, 11) is 4.65. The molecule has 5 nitrogen and oxygen atoms in total. The van der Waals surface area contributed by atoms with Gasteiger partial charge in [-0.2, -0.15) is 0 Å². The third kappa shape index (κ3) is 4.54. The monoisotopic (exact) mass is 267 g/mol.